The molecule has 25 heavy (non-hydrogen) atoms. The number of rotatable bonds is 6. The third-order valence-corrected chi connectivity index (χ3v) is 4.24. The van der Waals surface area contributed by atoms with E-state index in [1.165, 1.54) is 0 Å². The molecule has 0 saturated heterocycles. The lowest BCUT2D eigenvalue weighted by atomic mass is 10.2. The van der Waals surface area contributed by atoms with Gasteiger partial charge in [-0.2, -0.15) is 0 Å². The molecular formula is C16H15ClN4O3S. The maximum absolute atomic E-state index is 10.9. The van der Waals surface area contributed by atoms with Gasteiger partial charge in [-0.15, -0.1) is 0 Å². The second-order valence-corrected chi connectivity index (χ2v) is 6.32. The van der Waals surface area contributed by atoms with E-state index in [4.69, 9.17) is 20.9 Å². The predicted molar refractivity (Wildman–Crippen MR) is 95.2 cm³/mol. The summed E-state index contributed by atoms with van der Waals surface area (Å²) >= 11 is 4.36. The molecule has 0 fully saturated rings. The monoisotopic (exact) mass is 378 g/mol. The van der Waals surface area contributed by atoms with Crippen molar-refractivity contribution < 1.29 is 13.5 Å². The van der Waals surface area contributed by atoms with Gasteiger partial charge in [0.15, 0.2) is 16.2 Å². The number of imidazole rings is 1. The molecule has 0 aliphatic heterocycles. The smallest absolute Gasteiger partial charge is 0.158 e. The van der Waals surface area contributed by atoms with E-state index in [1.54, 1.807) is 47.7 Å². The van der Waals surface area contributed by atoms with Crippen molar-refractivity contribution >= 4 is 22.7 Å². The summed E-state index contributed by atoms with van der Waals surface area (Å²) in [5.41, 5.74) is 2.59. The summed E-state index contributed by atoms with van der Waals surface area (Å²) in [5, 5.41) is 0.314. The van der Waals surface area contributed by atoms with E-state index in [1.807, 2.05) is 6.92 Å². The van der Waals surface area contributed by atoms with Crippen molar-refractivity contribution in [2.75, 3.05) is 6.61 Å². The number of aromatic nitrogens is 4. The Labute approximate surface area is 152 Å². The first-order valence-electron chi connectivity index (χ1n) is 7.43. The van der Waals surface area contributed by atoms with Crippen LogP contribution in [-0.2, 0) is 16.8 Å². The lowest BCUT2D eigenvalue weighted by Crippen LogP contribution is -2.02. The van der Waals surface area contributed by atoms with Crippen molar-refractivity contribution in [2.24, 2.45) is 0 Å². The predicted octanol–water partition coefficient (Wildman–Crippen LogP) is 3.10. The molecule has 0 spiro atoms. The van der Waals surface area contributed by atoms with Gasteiger partial charge in [0.1, 0.15) is 12.1 Å². The fraction of sp³-hybridized carbons (Fsp3) is 0.188. The lowest BCUT2D eigenvalue weighted by molar-refractivity contribution is 0.341. The van der Waals surface area contributed by atoms with E-state index in [2.05, 4.69) is 15.0 Å². The van der Waals surface area contributed by atoms with E-state index in [-0.39, 0.29) is 5.75 Å². The van der Waals surface area contributed by atoms with Crippen molar-refractivity contribution in [3.05, 3.63) is 54.0 Å². The van der Waals surface area contributed by atoms with E-state index < -0.39 is 11.1 Å². The quantitative estimate of drug-likeness (QED) is 0.663. The summed E-state index contributed by atoms with van der Waals surface area (Å²) in [6.07, 6.45) is 6.50. The number of halogens is 1. The van der Waals surface area contributed by atoms with Crippen LogP contribution in [0, 0.1) is 0 Å². The Morgan fingerprint density at radius 2 is 2.12 bits per heavy atom. The van der Waals surface area contributed by atoms with E-state index in [0.717, 1.165) is 0 Å². The molecule has 0 bridgehead atoms. The fourth-order valence-corrected chi connectivity index (χ4v) is 3.04. The summed E-state index contributed by atoms with van der Waals surface area (Å²) in [4.78, 5) is 12.5. The number of hydrogen-bond donors (Lipinski definition) is 1. The Hall–Kier alpha value is -2.29. The summed E-state index contributed by atoms with van der Waals surface area (Å²) in [7, 11) is 0. The van der Waals surface area contributed by atoms with Gasteiger partial charge in [0, 0.05) is 12.4 Å². The van der Waals surface area contributed by atoms with Gasteiger partial charge in [-0.1, -0.05) is 11.6 Å². The van der Waals surface area contributed by atoms with Gasteiger partial charge in [-0.3, -0.25) is 14.5 Å². The average Bonchev–Trinajstić information content (AvgIpc) is 2.97. The number of ether oxygens (including phenoxy) is 1. The zero-order chi connectivity index (χ0) is 17.8. The highest BCUT2D eigenvalue weighted by molar-refractivity contribution is 7.78. The molecule has 3 aromatic rings. The molecule has 3 rings (SSSR count). The first kappa shape index (κ1) is 17.5. The van der Waals surface area contributed by atoms with Gasteiger partial charge < -0.3 is 9.29 Å². The molecule has 1 unspecified atom stereocenters. The Kier molecular flexibility index (Phi) is 5.42. The molecule has 9 heteroatoms. The van der Waals surface area contributed by atoms with Crippen LogP contribution in [0.3, 0.4) is 0 Å². The van der Waals surface area contributed by atoms with Gasteiger partial charge in [0.05, 0.1) is 41.2 Å². The van der Waals surface area contributed by atoms with E-state index >= 15 is 0 Å². The van der Waals surface area contributed by atoms with Crippen LogP contribution in [0.5, 0.6) is 5.75 Å². The van der Waals surface area contributed by atoms with Crippen molar-refractivity contribution in [1.29, 1.82) is 0 Å². The van der Waals surface area contributed by atoms with Crippen LogP contribution in [0.25, 0.3) is 16.9 Å². The van der Waals surface area contributed by atoms with Gasteiger partial charge in [0.2, 0.25) is 0 Å². The fourth-order valence-electron chi connectivity index (χ4n) is 2.38. The summed E-state index contributed by atoms with van der Waals surface area (Å²) in [5.74, 6) is 0.635. The zero-order valence-electron chi connectivity index (χ0n) is 13.3. The van der Waals surface area contributed by atoms with Crippen molar-refractivity contribution in [3.8, 4) is 22.7 Å². The lowest BCUT2D eigenvalue weighted by Gasteiger charge is -2.12. The molecule has 0 aromatic carbocycles. The molecule has 0 aliphatic carbocycles. The molecule has 0 aliphatic rings. The molecule has 1 atom stereocenters. The normalized spacial score (nSPS) is 12.1. The third-order valence-electron chi connectivity index (χ3n) is 3.42. The SMILES string of the molecule is CCOc1ccncc1-c1c(Cl)ncn1-c1ccc(CS(=O)O)nc1. The number of nitrogens with zero attached hydrogens (tertiary/aromatic N) is 4. The molecule has 0 saturated carbocycles. The first-order valence-corrected chi connectivity index (χ1v) is 9.08. The number of pyridine rings is 2. The highest BCUT2D eigenvalue weighted by Gasteiger charge is 2.17. The topological polar surface area (TPSA) is 90.1 Å². The van der Waals surface area contributed by atoms with Crippen molar-refractivity contribution in [2.45, 2.75) is 12.7 Å². The largest absolute Gasteiger partial charge is 0.493 e. The molecule has 7 nitrogen and oxygen atoms in total. The van der Waals surface area contributed by atoms with Crippen LogP contribution in [0.4, 0.5) is 0 Å². The molecule has 3 aromatic heterocycles. The van der Waals surface area contributed by atoms with Crippen LogP contribution < -0.4 is 4.74 Å². The molecule has 1 N–H and O–H groups in total. The maximum Gasteiger partial charge on any atom is 0.158 e. The van der Waals surface area contributed by atoms with Gasteiger partial charge >= 0.3 is 0 Å². The second kappa shape index (κ2) is 7.73. The van der Waals surface area contributed by atoms with E-state index in [0.29, 0.717) is 40.1 Å². The minimum atomic E-state index is -1.93. The number of hydrogen-bond acceptors (Lipinski definition) is 5. The highest BCUT2D eigenvalue weighted by atomic mass is 35.5. The summed E-state index contributed by atoms with van der Waals surface area (Å²) < 4.78 is 27.3. The minimum absolute atomic E-state index is 0.0189. The van der Waals surface area contributed by atoms with Crippen molar-refractivity contribution in [3.63, 3.8) is 0 Å². The Morgan fingerprint density at radius 3 is 2.80 bits per heavy atom. The van der Waals surface area contributed by atoms with Gasteiger partial charge in [-0.25, -0.2) is 9.19 Å². The highest BCUT2D eigenvalue weighted by Crippen LogP contribution is 2.35. The molecule has 0 radical (unpaired) electrons. The minimum Gasteiger partial charge on any atom is -0.493 e. The van der Waals surface area contributed by atoms with Gasteiger partial charge in [-0.05, 0) is 25.1 Å². The molecule has 130 valence electrons. The molecular weight excluding hydrogens is 364 g/mol. The average molecular weight is 379 g/mol. The van der Waals surface area contributed by atoms with Crippen LogP contribution >= 0.6 is 11.6 Å². The van der Waals surface area contributed by atoms with Crippen molar-refractivity contribution in [1.82, 2.24) is 19.5 Å². The van der Waals surface area contributed by atoms with Crippen LogP contribution in [0.1, 0.15) is 12.6 Å². The Balaban J connectivity index is 2.04. The second-order valence-electron chi connectivity index (χ2n) is 5.03. The molecule has 0 amide bonds. The Bertz CT molecular complexity index is 899. The molecule has 3 heterocycles. The summed E-state index contributed by atoms with van der Waals surface area (Å²) in [6.45, 7) is 2.41. The van der Waals surface area contributed by atoms with E-state index in [9.17, 15) is 4.21 Å². The summed E-state index contributed by atoms with van der Waals surface area (Å²) in [6, 6.07) is 5.24. The Morgan fingerprint density at radius 1 is 1.28 bits per heavy atom. The standard InChI is InChI=1S/C16H15ClN4O3S/c1-2-24-14-5-6-18-8-13(14)15-16(17)20-10-21(15)12-4-3-11(19-7-12)9-25(22)23/h3-8,10H,2,9H2,1H3,(H,22,23). The third kappa shape index (κ3) is 3.87. The van der Waals surface area contributed by atoms with Crippen LogP contribution in [-0.4, -0.2) is 34.9 Å². The first-order chi connectivity index (χ1) is 12.1. The van der Waals surface area contributed by atoms with Crippen LogP contribution in [0.15, 0.2) is 43.1 Å². The van der Waals surface area contributed by atoms with Crippen LogP contribution in [0.2, 0.25) is 5.15 Å². The van der Waals surface area contributed by atoms with Gasteiger partial charge in [0.25, 0.3) is 0 Å². The zero-order valence-corrected chi connectivity index (χ0v) is 14.9. The maximum atomic E-state index is 10.9.